The fraction of sp³-hybridized carbons (Fsp3) is 0.250. The lowest BCUT2D eigenvalue weighted by Crippen LogP contribution is -2.03. The molecule has 0 aliphatic rings. The van der Waals surface area contributed by atoms with Crippen LogP contribution in [0.1, 0.15) is 37.1 Å². The van der Waals surface area contributed by atoms with Crippen molar-refractivity contribution < 1.29 is 0 Å². The highest BCUT2D eigenvalue weighted by Crippen LogP contribution is 2.07. The van der Waals surface area contributed by atoms with Crippen LogP contribution in [0.15, 0.2) is 60.7 Å². The molecule has 1 unspecified atom stereocenters. The third-order valence-corrected chi connectivity index (χ3v) is 2.65. The molecule has 0 amide bonds. The molecule has 0 fully saturated rings. The van der Waals surface area contributed by atoms with Gasteiger partial charge in [0.1, 0.15) is 0 Å². The first-order valence-corrected chi connectivity index (χ1v) is 6.22. The molecule has 2 heteroatoms. The molecule has 96 valence electrons. The Bertz CT molecular complexity index is 378. The van der Waals surface area contributed by atoms with Crippen molar-refractivity contribution in [2.75, 3.05) is 0 Å². The van der Waals surface area contributed by atoms with E-state index in [2.05, 4.69) is 0 Å². The second kappa shape index (κ2) is 7.64. The average Bonchev–Trinajstić information content (AvgIpc) is 2.41. The highest BCUT2D eigenvalue weighted by molar-refractivity contribution is 5.17. The zero-order valence-electron chi connectivity index (χ0n) is 11.1. The van der Waals surface area contributed by atoms with Crippen molar-refractivity contribution in [3.8, 4) is 0 Å². The van der Waals surface area contributed by atoms with Crippen molar-refractivity contribution in [2.24, 2.45) is 11.5 Å². The molecule has 0 bridgehead atoms. The predicted molar refractivity (Wildman–Crippen MR) is 78.1 cm³/mol. The second-order valence-corrected chi connectivity index (χ2v) is 4.40. The minimum Gasteiger partial charge on any atom is -0.324 e. The Morgan fingerprint density at radius 2 is 0.889 bits per heavy atom. The molecule has 4 N–H and O–H groups in total. The van der Waals surface area contributed by atoms with Crippen LogP contribution in [0.2, 0.25) is 0 Å². The molecule has 0 saturated carbocycles. The van der Waals surface area contributed by atoms with Crippen LogP contribution in [0, 0.1) is 0 Å². The van der Waals surface area contributed by atoms with E-state index in [9.17, 15) is 0 Å². The third-order valence-electron chi connectivity index (χ3n) is 2.65. The van der Waals surface area contributed by atoms with E-state index in [0.29, 0.717) is 0 Å². The minimum atomic E-state index is 0.159. The van der Waals surface area contributed by atoms with Crippen molar-refractivity contribution in [2.45, 2.75) is 25.9 Å². The van der Waals surface area contributed by atoms with Crippen molar-refractivity contribution in [3.63, 3.8) is 0 Å². The van der Waals surface area contributed by atoms with E-state index in [1.807, 2.05) is 74.5 Å². The summed E-state index contributed by atoms with van der Waals surface area (Å²) in [5.74, 6) is 0. The summed E-state index contributed by atoms with van der Waals surface area (Å²) in [6.45, 7) is 3.96. The van der Waals surface area contributed by atoms with Crippen LogP contribution in [0.25, 0.3) is 0 Å². The molecule has 0 heterocycles. The van der Waals surface area contributed by atoms with Gasteiger partial charge in [0.25, 0.3) is 0 Å². The summed E-state index contributed by atoms with van der Waals surface area (Å²) < 4.78 is 0. The van der Waals surface area contributed by atoms with Crippen LogP contribution >= 0.6 is 0 Å². The van der Waals surface area contributed by atoms with Gasteiger partial charge in [-0.25, -0.2) is 0 Å². The van der Waals surface area contributed by atoms with Crippen molar-refractivity contribution in [3.05, 3.63) is 71.8 Å². The maximum absolute atomic E-state index is 5.61. The molecular formula is C16H22N2. The van der Waals surface area contributed by atoms with Crippen molar-refractivity contribution in [1.29, 1.82) is 0 Å². The molecule has 0 saturated heterocycles. The Balaban J connectivity index is 0.000000180. The first-order chi connectivity index (χ1) is 8.61. The van der Waals surface area contributed by atoms with Gasteiger partial charge in [-0.1, -0.05) is 60.7 Å². The van der Waals surface area contributed by atoms with Gasteiger partial charge in [0.05, 0.1) is 0 Å². The molecule has 0 aliphatic carbocycles. The Morgan fingerprint density at radius 3 is 1.06 bits per heavy atom. The first kappa shape index (κ1) is 14.4. The van der Waals surface area contributed by atoms with Crippen LogP contribution in [-0.2, 0) is 0 Å². The molecule has 0 radical (unpaired) electrons. The first-order valence-electron chi connectivity index (χ1n) is 6.22. The largest absolute Gasteiger partial charge is 0.324 e. The SMILES string of the molecule is CC(N)c1ccccc1.C[C@@H](N)c1ccccc1. The van der Waals surface area contributed by atoms with E-state index in [1.54, 1.807) is 0 Å². The van der Waals surface area contributed by atoms with Gasteiger partial charge in [0.15, 0.2) is 0 Å². The summed E-state index contributed by atoms with van der Waals surface area (Å²) in [5, 5.41) is 0. The Hall–Kier alpha value is -1.64. The fourth-order valence-corrected chi connectivity index (χ4v) is 1.51. The summed E-state index contributed by atoms with van der Waals surface area (Å²) in [6.07, 6.45) is 0. The van der Waals surface area contributed by atoms with Crippen LogP contribution in [0.4, 0.5) is 0 Å². The molecule has 0 aliphatic heterocycles. The molecular weight excluding hydrogens is 220 g/mol. The van der Waals surface area contributed by atoms with Crippen molar-refractivity contribution in [1.82, 2.24) is 0 Å². The van der Waals surface area contributed by atoms with E-state index >= 15 is 0 Å². The van der Waals surface area contributed by atoms with E-state index < -0.39 is 0 Å². The smallest absolute Gasteiger partial charge is 0.0266 e. The topological polar surface area (TPSA) is 52.0 Å². The zero-order valence-corrected chi connectivity index (χ0v) is 11.1. The number of nitrogens with two attached hydrogens (primary N) is 2. The van der Waals surface area contributed by atoms with Crippen LogP contribution in [-0.4, -0.2) is 0 Å². The quantitative estimate of drug-likeness (QED) is 0.848. The third kappa shape index (κ3) is 5.13. The van der Waals surface area contributed by atoms with Crippen molar-refractivity contribution >= 4 is 0 Å². The summed E-state index contributed by atoms with van der Waals surface area (Å²) in [6, 6.07) is 20.4. The molecule has 2 aromatic carbocycles. The van der Waals surface area contributed by atoms with Gasteiger partial charge in [0, 0.05) is 12.1 Å². The summed E-state index contributed by atoms with van der Waals surface area (Å²) in [7, 11) is 0. The molecule has 2 aromatic rings. The summed E-state index contributed by atoms with van der Waals surface area (Å²) in [5.41, 5.74) is 13.6. The minimum absolute atomic E-state index is 0.159. The summed E-state index contributed by atoms with van der Waals surface area (Å²) in [4.78, 5) is 0. The molecule has 2 rings (SSSR count). The lowest BCUT2D eigenvalue weighted by Gasteiger charge is -2.02. The Kier molecular flexibility index (Phi) is 6.12. The van der Waals surface area contributed by atoms with E-state index in [4.69, 9.17) is 11.5 Å². The number of benzene rings is 2. The van der Waals surface area contributed by atoms with Gasteiger partial charge < -0.3 is 11.5 Å². The standard InChI is InChI=1S/2C8H11N/c2*1-7(9)8-5-3-2-4-6-8/h2*2-7H,9H2,1H3/t7-;/m1./s1. The normalized spacial score (nSPS) is 13.1. The molecule has 0 spiro atoms. The predicted octanol–water partition coefficient (Wildman–Crippen LogP) is 3.41. The maximum atomic E-state index is 5.61. The highest BCUT2D eigenvalue weighted by atomic mass is 14.6. The van der Waals surface area contributed by atoms with E-state index in [1.165, 1.54) is 11.1 Å². The van der Waals surface area contributed by atoms with Crippen LogP contribution in [0.5, 0.6) is 0 Å². The lowest BCUT2D eigenvalue weighted by molar-refractivity contribution is 0.818. The zero-order chi connectivity index (χ0) is 13.4. The van der Waals surface area contributed by atoms with Gasteiger partial charge in [0.2, 0.25) is 0 Å². The van der Waals surface area contributed by atoms with E-state index in [0.717, 1.165) is 0 Å². The van der Waals surface area contributed by atoms with Gasteiger partial charge >= 0.3 is 0 Å². The second-order valence-electron chi connectivity index (χ2n) is 4.40. The van der Waals surface area contributed by atoms with Crippen LogP contribution in [0.3, 0.4) is 0 Å². The monoisotopic (exact) mass is 242 g/mol. The van der Waals surface area contributed by atoms with Gasteiger partial charge in [-0.2, -0.15) is 0 Å². The van der Waals surface area contributed by atoms with Crippen LogP contribution < -0.4 is 11.5 Å². The lowest BCUT2D eigenvalue weighted by atomic mass is 10.1. The Labute approximate surface area is 110 Å². The molecule has 2 atom stereocenters. The molecule has 0 aromatic heterocycles. The number of hydrogen-bond donors (Lipinski definition) is 2. The molecule has 2 nitrogen and oxygen atoms in total. The summed E-state index contributed by atoms with van der Waals surface area (Å²) >= 11 is 0. The van der Waals surface area contributed by atoms with E-state index in [-0.39, 0.29) is 12.1 Å². The fourth-order valence-electron chi connectivity index (χ4n) is 1.51. The number of hydrogen-bond acceptors (Lipinski definition) is 2. The maximum Gasteiger partial charge on any atom is 0.0266 e. The molecule has 18 heavy (non-hydrogen) atoms. The van der Waals surface area contributed by atoms with Gasteiger partial charge in [-0.05, 0) is 25.0 Å². The van der Waals surface area contributed by atoms with Gasteiger partial charge in [-0.15, -0.1) is 0 Å². The average molecular weight is 242 g/mol. The number of rotatable bonds is 2. The highest BCUT2D eigenvalue weighted by Gasteiger charge is 1.94. The van der Waals surface area contributed by atoms with Gasteiger partial charge in [-0.3, -0.25) is 0 Å². The Morgan fingerprint density at radius 1 is 0.611 bits per heavy atom.